The molecule has 3 rings (SSSR count). The van der Waals surface area contributed by atoms with Crippen LogP contribution in [0, 0.1) is 12.8 Å². The first-order valence-corrected chi connectivity index (χ1v) is 10.3. The number of benzene rings is 1. The maximum absolute atomic E-state index is 12.7. The number of carbonyl (C=O) groups excluding carboxylic acids is 1. The number of nitrogens with one attached hydrogen (secondary N) is 1. The van der Waals surface area contributed by atoms with E-state index in [0.29, 0.717) is 24.6 Å². The van der Waals surface area contributed by atoms with Crippen LogP contribution in [0.15, 0.2) is 28.6 Å². The number of aryl methyl sites for hydroxylation is 1. The Morgan fingerprint density at radius 2 is 2.08 bits per heavy atom. The number of nitrogens with zero attached hydrogens (tertiary/aromatic N) is 3. The van der Waals surface area contributed by atoms with Crippen LogP contribution in [-0.2, 0) is 10.0 Å². The molecule has 0 bridgehead atoms. The highest BCUT2D eigenvalue weighted by atomic mass is 32.2. The monoisotopic (exact) mass is 380 g/mol. The Balaban J connectivity index is 1.76. The van der Waals surface area contributed by atoms with Crippen LogP contribution in [0.2, 0.25) is 0 Å². The van der Waals surface area contributed by atoms with Gasteiger partial charge in [-0.05, 0) is 37.3 Å². The van der Waals surface area contributed by atoms with Gasteiger partial charge in [-0.3, -0.25) is 10.1 Å². The Bertz CT molecular complexity index is 879. The molecule has 1 N–H and O–H groups in total. The molecule has 134 valence electrons. The van der Waals surface area contributed by atoms with Crippen molar-refractivity contribution in [2.45, 2.75) is 31.0 Å². The Kier molecular flexibility index (Phi) is 5.16. The van der Waals surface area contributed by atoms with E-state index in [1.54, 1.807) is 12.1 Å². The average molecular weight is 380 g/mol. The van der Waals surface area contributed by atoms with Gasteiger partial charge < -0.3 is 0 Å². The Morgan fingerprint density at radius 1 is 1.32 bits per heavy atom. The van der Waals surface area contributed by atoms with Crippen molar-refractivity contribution in [3.63, 3.8) is 0 Å². The summed E-state index contributed by atoms with van der Waals surface area (Å²) in [6.45, 7) is 4.86. The molecule has 25 heavy (non-hydrogen) atoms. The third-order valence-corrected chi connectivity index (χ3v) is 7.25. The second-order valence-corrected chi connectivity index (χ2v) is 9.34. The molecular formula is C16H20N4O3S2. The van der Waals surface area contributed by atoms with Gasteiger partial charge in [-0.2, -0.15) is 4.31 Å². The van der Waals surface area contributed by atoms with Crippen LogP contribution in [0.5, 0.6) is 0 Å². The second kappa shape index (κ2) is 7.19. The van der Waals surface area contributed by atoms with Crippen molar-refractivity contribution >= 4 is 32.4 Å². The normalized spacial score (nSPS) is 18.9. The summed E-state index contributed by atoms with van der Waals surface area (Å²) in [4.78, 5) is 12.3. The highest BCUT2D eigenvalue weighted by Gasteiger charge is 2.32. The number of piperidine rings is 1. The van der Waals surface area contributed by atoms with E-state index in [-0.39, 0.29) is 15.4 Å². The van der Waals surface area contributed by atoms with Gasteiger partial charge in [0.2, 0.25) is 9.47 Å². The van der Waals surface area contributed by atoms with Crippen LogP contribution >= 0.6 is 11.3 Å². The van der Waals surface area contributed by atoms with Gasteiger partial charge in [-0.15, -0.1) is 10.2 Å². The van der Waals surface area contributed by atoms with E-state index in [0.717, 1.165) is 29.7 Å². The molecule has 1 fully saturated rings. The molecule has 1 amide bonds. The van der Waals surface area contributed by atoms with Gasteiger partial charge >= 0.3 is 0 Å². The van der Waals surface area contributed by atoms with E-state index >= 15 is 0 Å². The molecule has 1 saturated heterocycles. The number of rotatable bonds is 4. The van der Waals surface area contributed by atoms with E-state index in [1.807, 2.05) is 26.0 Å². The average Bonchev–Trinajstić information content (AvgIpc) is 3.04. The third-order valence-electron chi connectivity index (χ3n) is 4.20. The van der Waals surface area contributed by atoms with Gasteiger partial charge in [-0.1, -0.05) is 36.5 Å². The zero-order valence-electron chi connectivity index (χ0n) is 14.1. The van der Waals surface area contributed by atoms with Crippen LogP contribution in [-0.4, -0.2) is 41.9 Å². The van der Waals surface area contributed by atoms with E-state index in [4.69, 9.17) is 0 Å². The van der Waals surface area contributed by atoms with Crippen molar-refractivity contribution in [1.82, 2.24) is 14.5 Å². The van der Waals surface area contributed by atoms with Crippen LogP contribution in [0.25, 0.3) is 0 Å². The maximum Gasteiger partial charge on any atom is 0.272 e. The number of hydrogen-bond donors (Lipinski definition) is 1. The summed E-state index contributed by atoms with van der Waals surface area (Å²) in [6, 6.07) is 7.16. The zero-order chi connectivity index (χ0) is 18.0. The molecule has 7 nitrogen and oxygen atoms in total. The summed E-state index contributed by atoms with van der Waals surface area (Å²) in [7, 11) is -3.66. The molecule has 2 aromatic rings. The van der Waals surface area contributed by atoms with Gasteiger partial charge in [0.1, 0.15) is 0 Å². The summed E-state index contributed by atoms with van der Waals surface area (Å²) >= 11 is 0.880. The predicted molar refractivity (Wildman–Crippen MR) is 96.2 cm³/mol. The van der Waals surface area contributed by atoms with E-state index < -0.39 is 10.0 Å². The first-order valence-electron chi connectivity index (χ1n) is 8.08. The summed E-state index contributed by atoms with van der Waals surface area (Å²) in [5, 5.41) is 10.4. The Hall–Kier alpha value is -1.84. The lowest BCUT2D eigenvalue weighted by molar-refractivity contribution is 0.102. The standard InChI is InChI=1S/C16H20N4O3S2/c1-11-6-5-9-20(10-11)25(22,23)16-19-18-15(24-16)17-14(21)13-8-4-3-7-12(13)2/h3-4,7-8,11H,5-6,9-10H2,1-2H3,(H,17,18,21)/t11-/m1/s1. The number of hydrogen-bond acceptors (Lipinski definition) is 6. The molecule has 0 radical (unpaired) electrons. The largest absolute Gasteiger partial charge is 0.296 e. The van der Waals surface area contributed by atoms with Crippen LogP contribution in [0.3, 0.4) is 0 Å². The fourth-order valence-electron chi connectivity index (χ4n) is 2.83. The van der Waals surface area contributed by atoms with Crippen molar-refractivity contribution in [2.75, 3.05) is 18.4 Å². The minimum atomic E-state index is -3.66. The molecule has 1 aliphatic heterocycles. The third kappa shape index (κ3) is 3.88. The van der Waals surface area contributed by atoms with E-state index in [1.165, 1.54) is 4.31 Å². The molecule has 0 spiro atoms. The molecule has 1 aromatic heterocycles. The lowest BCUT2D eigenvalue weighted by Gasteiger charge is -2.28. The lowest BCUT2D eigenvalue weighted by Crippen LogP contribution is -2.39. The molecule has 9 heteroatoms. The molecule has 0 aliphatic carbocycles. The van der Waals surface area contributed by atoms with Crippen LogP contribution in [0.4, 0.5) is 5.13 Å². The van der Waals surface area contributed by atoms with Crippen molar-refractivity contribution in [1.29, 1.82) is 0 Å². The van der Waals surface area contributed by atoms with Crippen molar-refractivity contribution in [3.05, 3.63) is 35.4 Å². The van der Waals surface area contributed by atoms with Crippen LogP contribution in [0.1, 0.15) is 35.7 Å². The highest BCUT2D eigenvalue weighted by molar-refractivity contribution is 7.91. The minimum absolute atomic E-state index is 0.0818. The number of amides is 1. The van der Waals surface area contributed by atoms with E-state index in [9.17, 15) is 13.2 Å². The lowest BCUT2D eigenvalue weighted by atomic mass is 10.0. The van der Waals surface area contributed by atoms with Crippen molar-refractivity contribution < 1.29 is 13.2 Å². The second-order valence-electron chi connectivity index (χ2n) is 6.25. The van der Waals surface area contributed by atoms with E-state index in [2.05, 4.69) is 15.5 Å². The number of anilines is 1. The van der Waals surface area contributed by atoms with Crippen LogP contribution < -0.4 is 5.32 Å². The van der Waals surface area contributed by atoms with Gasteiger partial charge in [0.25, 0.3) is 15.9 Å². The number of carbonyl (C=O) groups is 1. The minimum Gasteiger partial charge on any atom is -0.296 e. The number of aromatic nitrogens is 2. The molecule has 0 saturated carbocycles. The fourth-order valence-corrected chi connectivity index (χ4v) is 5.46. The van der Waals surface area contributed by atoms with Crippen molar-refractivity contribution in [2.24, 2.45) is 5.92 Å². The van der Waals surface area contributed by atoms with Crippen molar-refractivity contribution in [3.8, 4) is 0 Å². The molecular weight excluding hydrogens is 360 g/mol. The molecule has 1 atom stereocenters. The Morgan fingerprint density at radius 3 is 2.80 bits per heavy atom. The first-order chi connectivity index (χ1) is 11.9. The topological polar surface area (TPSA) is 92.3 Å². The predicted octanol–water partition coefficient (Wildman–Crippen LogP) is 2.52. The van der Waals surface area contributed by atoms with Gasteiger partial charge in [-0.25, -0.2) is 8.42 Å². The summed E-state index contributed by atoms with van der Waals surface area (Å²) in [5.74, 6) is 0.00136. The Labute approximate surface area is 151 Å². The molecule has 1 aliphatic rings. The molecule has 1 aromatic carbocycles. The first kappa shape index (κ1) is 18.0. The smallest absolute Gasteiger partial charge is 0.272 e. The summed E-state index contributed by atoms with van der Waals surface area (Å²) in [6.07, 6.45) is 1.87. The quantitative estimate of drug-likeness (QED) is 0.823. The zero-order valence-corrected chi connectivity index (χ0v) is 15.7. The molecule has 0 unspecified atom stereocenters. The highest BCUT2D eigenvalue weighted by Crippen LogP contribution is 2.27. The maximum atomic E-state index is 12.7. The van der Waals surface area contributed by atoms with Gasteiger partial charge in [0.15, 0.2) is 0 Å². The fraction of sp³-hybridized carbons (Fsp3) is 0.438. The molecule has 2 heterocycles. The SMILES string of the molecule is Cc1ccccc1C(=O)Nc1nnc(S(=O)(=O)N2CCC[C@@H](C)C2)s1. The van der Waals surface area contributed by atoms with Gasteiger partial charge in [0, 0.05) is 18.7 Å². The van der Waals surface area contributed by atoms with Gasteiger partial charge in [0.05, 0.1) is 0 Å². The summed E-state index contributed by atoms with van der Waals surface area (Å²) in [5.41, 5.74) is 1.35. The summed E-state index contributed by atoms with van der Waals surface area (Å²) < 4.78 is 26.7. The number of sulfonamides is 1.